The molecule has 6 heteroatoms. The molecule has 4 heterocycles. The molecule has 6 nitrogen and oxygen atoms in total. The molecule has 1 aliphatic carbocycles. The summed E-state index contributed by atoms with van der Waals surface area (Å²) < 4.78 is 3.70. The van der Waals surface area contributed by atoms with Gasteiger partial charge in [0.05, 0.1) is 34.0 Å². The monoisotopic (exact) mass is 409 g/mol. The second-order valence-electron chi connectivity index (χ2n) is 8.44. The molecular formula is C25H23N5O. The fourth-order valence-corrected chi connectivity index (χ4v) is 5.04. The predicted octanol–water partition coefficient (Wildman–Crippen LogP) is 5.00. The van der Waals surface area contributed by atoms with E-state index in [2.05, 4.69) is 22.1 Å². The Balaban J connectivity index is 1.66. The van der Waals surface area contributed by atoms with Crippen molar-refractivity contribution in [2.75, 3.05) is 0 Å². The smallest absolute Gasteiger partial charge is 0.293 e. The molecule has 0 unspecified atom stereocenters. The fraction of sp³-hybridized carbons (Fsp3) is 0.280. The highest BCUT2D eigenvalue weighted by Gasteiger charge is 2.24. The first kappa shape index (κ1) is 18.2. The molecule has 0 bridgehead atoms. The quantitative estimate of drug-likeness (QED) is 0.411. The lowest BCUT2D eigenvalue weighted by molar-refractivity contribution is 0.351. The van der Waals surface area contributed by atoms with Crippen molar-refractivity contribution >= 4 is 33.0 Å². The van der Waals surface area contributed by atoms with Gasteiger partial charge in [0.1, 0.15) is 5.52 Å². The average Bonchev–Trinajstić information content (AvgIpc) is 3.09. The summed E-state index contributed by atoms with van der Waals surface area (Å²) in [5, 5.41) is 1.06. The average molecular weight is 409 g/mol. The fourth-order valence-electron chi connectivity index (χ4n) is 5.04. The van der Waals surface area contributed by atoms with E-state index in [4.69, 9.17) is 4.98 Å². The molecule has 0 aliphatic heterocycles. The van der Waals surface area contributed by atoms with Crippen molar-refractivity contribution in [2.45, 2.75) is 38.1 Å². The maximum atomic E-state index is 13.2. The minimum atomic E-state index is 0.0257. The number of nitrogens with zero attached hydrogens (tertiary/aromatic N) is 5. The third-order valence-corrected chi connectivity index (χ3v) is 6.62. The Morgan fingerprint density at radius 1 is 0.935 bits per heavy atom. The van der Waals surface area contributed by atoms with Crippen LogP contribution in [0.3, 0.4) is 0 Å². The van der Waals surface area contributed by atoms with Gasteiger partial charge in [-0.05, 0) is 37.1 Å². The number of imidazole rings is 1. The molecule has 5 aromatic rings. The number of benzene rings is 1. The summed E-state index contributed by atoms with van der Waals surface area (Å²) in [6, 6.07) is 14.4. The topological polar surface area (TPSA) is 65.6 Å². The molecule has 0 atom stereocenters. The van der Waals surface area contributed by atoms with Crippen molar-refractivity contribution in [1.82, 2.24) is 24.1 Å². The van der Waals surface area contributed by atoms with Gasteiger partial charge in [-0.25, -0.2) is 9.78 Å². The van der Waals surface area contributed by atoms with Gasteiger partial charge in [-0.2, -0.15) is 0 Å². The molecule has 1 fully saturated rings. The van der Waals surface area contributed by atoms with Crippen LogP contribution in [0, 0.1) is 0 Å². The number of hydrogen-bond donors (Lipinski definition) is 0. The van der Waals surface area contributed by atoms with Gasteiger partial charge >= 0.3 is 5.69 Å². The Morgan fingerprint density at radius 3 is 2.68 bits per heavy atom. The molecule has 1 aliphatic rings. The van der Waals surface area contributed by atoms with Crippen molar-refractivity contribution in [3.63, 3.8) is 0 Å². The van der Waals surface area contributed by atoms with E-state index >= 15 is 0 Å². The van der Waals surface area contributed by atoms with Crippen LogP contribution in [0.1, 0.15) is 38.1 Å². The SMILES string of the molecule is Cn1c(=O)n(C2CCCCC2)c2c3nc(-c4cccc5ncccc45)ccc3ncc21. The highest BCUT2D eigenvalue weighted by molar-refractivity contribution is 6.02. The van der Waals surface area contributed by atoms with E-state index in [9.17, 15) is 4.79 Å². The lowest BCUT2D eigenvalue weighted by Gasteiger charge is -2.23. The summed E-state index contributed by atoms with van der Waals surface area (Å²) in [4.78, 5) is 27.4. The summed E-state index contributed by atoms with van der Waals surface area (Å²) >= 11 is 0. The highest BCUT2D eigenvalue weighted by Crippen LogP contribution is 2.33. The van der Waals surface area contributed by atoms with E-state index < -0.39 is 0 Å². The van der Waals surface area contributed by atoms with Gasteiger partial charge in [-0.15, -0.1) is 0 Å². The zero-order valence-corrected chi connectivity index (χ0v) is 17.5. The standard InChI is InChI=1S/C25H23N5O/c1-29-22-15-27-21-13-12-20(18-9-5-11-19-17(18)10-6-14-26-19)28-23(21)24(22)30(25(29)31)16-7-3-2-4-8-16/h5-6,9-16H,2-4,7-8H2,1H3. The first-order valence-corrected chi connectivity index (χ1v) is 10.9. The van der Waals surface area contributed by atoms with Crippen LogP contribution in [0.15, 0.2) is 59.7 Å². The van der Waals surface area contributed by atoms with Crippen LogP contribution in [0.2, 0.25) is 0 Å². The van der Waals surface area contributed by atoms with Gasteiger partial charge < -0.3 is 0 Å². The number of hydrogen-bond acceptors (Lipinski definition) is 4. The van der Waals surface area contributed by atoms with E-state index in [-0.39, 0.29) is 11.7 Å². The zero-order valence-electron chi connectivity index (χ0n) is 17.5. The van der Waals surface area contributed by atoms with Crippen LogP contribution in [0.25, 0.3) is 44.2 Å². The molecule has 4 aromatic heterocycles. The summed E-state index contributed by atoms with van der Waals surface area (Å²) in [7, 11) is 1.83. The van der Waals surface area contributed by atoms with Crippen LogP contribution in [0.5, 0.6) is 0 Å². The van der Waals surface area contributed by atoms with E-state index in [1.54, 1.807) is 10.8 Å². The molecule has 0 spiro atoms. The molecule has 0 radical (unpaired) electrons. The highest BCUT2D eigenvalue weighted by atomic mass is 16.1. The molecular weight excluding hydrogens is 386 g/mol. The molecule has 1 saturated carbocycles. The normalized spacial score (nSPS) is 15.3. The number of fused-ring (bicyclic) bond motifs is 4. The third-order valence-electron chi connectivity index (χ3n) is 6.62. The molecule has 1 aromatic carbocycles. The van der Waals surface area contributed by atoms with Crippen molar-refractivity contribution in [2.24, 2.45) is 7.05 Å². The molecule has 0 amide bonds. The van der Waals surface area contributed by atoms with Gasteiger partial charge in [0, 0.05) is 30.2 Å². The first-order valence-electron chi connectivity index (χ1n) is 10.9. The van der Waals surface area contributed by atoms with Gasteiger partial charge in [-0.1, -0.05) is 37.5 Å². The largest absolute Gasteiger partial charge is 0.329 e. The zero-order chi connectivity index (χ0) is 20.9. The van der Waals surface area contributed by atoms with Crippen LogP contribution in [-0.2, 0) is 7.05 Å². The van der Waals surface area contributed by atoms with Crippen LogP contribution >= 0.6 is 0 Å². The predicted molar refractivity (Wildman–Crippen MR) is 123 cm³/mol. The van der Waals surface area contributed by atoms with Crippen molar-refractivity contribution in [1.29, 1.82) is 0 Å². The van der Waals surface area contributed by atoms with E-state index in [1.807, 2.05) is 48.1 Å². The lowest BCUT2D eigenvalue weighted by atomic mass is 9.95. The Kier molecular flexibility index (Phi) is 4.13. The second-order valence-corrected chi connectivity index (χ2v) is 8.44. The van der Waals surface area contributed by atoms with Crippen LogP contribution < -0.4 is 5.69 Å². The summed E-state index contributed by atoms with van der Waals surface area (Å²) in [5.41, 5.74) is 6.22. The minimum Gasteiger partial charge on any atom is -0.293 e. The maximum absolute atomic E-state index is 13.2. The second kappa shape index (κ2) is 7.01. The van der Waals surface area contributed by atoms with Crippen molar-refractivity contribution < 1.29 is 0 Å². The summed E-state index contributed by atoms with van der Waals surface area (Å²) in [6.07, 6.45) is 9.27. The summed E-state index contributed by atoms with van der Waals surface area (Å²) in [6.45, 7) is 0. The molecule has 154 valence electrons. The van der Waals surface area contributed by atoms with Gasteiger partial charge in [0.2, 0.25) is 0 Å². The Bertz CT molecular complexity index is 1500. The van der Waals surface area contributed by atoms with Gasteiger partial charge in [-0.3, -0.25) is 19.1 Å². The van der Waals surface area contributed by atoms with Crippen LogP contribution in [0.4, 0.5) is 0 Å². The number of rotatable bonds is 2. The third kappa shape index (κ3) is 2.78. The van der Waals surface area contributed by atoms with Gasteiger partial charge in [0.15, 0.2) is 0 Å². The number of aryl methyl sites for hydroxylation is 1. The van der Waals surface area contributed by atoms with Gasteiger partial charge in [0.25, 0.3) is 0 Å². The van der Waals surface area contributed by atoms with Crippen molar-refractivity contribution in [3.8, 4) is 11.3 Å². The van der Waals surface area contributed by atoms with Crippen LogP contribution in [-0.4, -0.2) is 24.1 Å². The Labute approximate surface area is 179 Å². The van der Waals surface area contributed by atoms with Crippen molar-refractivity contribution in [3.05, 3.63) is 65.3 Å². The Hall–Kier alpha value is -3.54. The van der Waals surface area contributed by atoms with E-state index in [1.165, 1.54) is 6.42 Å². The molecule has 0 N–H and O–H groups in total. The maximum Gasteiger partial charge on any atom is 0.329 e. The molecule has 0 saturated heterocycles. The first-order chi connectivity index (χ1) is 15.2. The minimum absolute atomic E-state index is 0.0257. The lowest BCUT2D eigenvalue weighted by Crippen LogP contribution is -2.27. The number of pyridine rings is 3. The molecule has 31 heavy (non-hydrogen) atoms. The summed E-state index contributed by atoms with van der Waals surface area (Å²) in [5.74, 6) is 0. The van der Waals surface area contributed by atoms with E-state index in [0.717, 1.165) is 69.9 Å². The molecule has 6 rings (SSSR count). The Morgan fingerprint density at radius 2 is 1.81 bits per heavy atom. The van der Waals surface area contributed by atoms with E-state index in [0.29, 0.717) is 0 Å². The number of aromatic nitrogens is 5.